The lowest BCUT2D eigenvalue weighted by atomic mass is 10.2. The van der Waals surface area contributed by atoms with E-state index in [1.807, 2.05) is 0 Å². The Kier molecular flexibility index (Phi) is 11.7. The molecular weight excluding hydrogens is 515 g/mol. The number of halogens is 2. The van der Waals surface area contributed by atoms with Gasteiger partial charge in [-0.25, -0.2) is 19.7 Å². The van der Waals surface area contributed by atoms with Crippen LogP contribution in [0.5, 0.6) is 0 Å². The van der Waals surface area contributed by atoms with Crippen molar-refractivity contribution in [3.63, 3.8) is 0 Å². The Bertz CT molecular complexity index is 915. The lowest BCUT2D eigenvalue weighted by Crippen LogP contribution is -2.44. The maximum Gasteiger partial charge on any atom is 0.413 e. The van der Waals surface area contributed by atoms with Gasteiger partial charge in [-0.15, -0.1) is 5.06 Å². The minimum Gasteiger partial charge on any atom is -0.449 e. The van der Waals surface area contributed by atoms with Crippen LogP contribution in [0.3, 0.4) is 0 Å². The smallest absolute Gasteiger partial charge is 0.413 e. The second kappa shape index (κ2) is 14.5. The zero-order valence-electron chi connectivity index (χ0n) is 19.1. The van der Waals surface area contributed by atoms with E-state index in [0.29, 0.717) is 37.6 Å². The Morgan fingerprint density at radius 2 is 2.18 bits per heavy atom. The predicted molar refractivity (Wildman–Crippen MR) is 129 cm³/mol. The molecule has 0 bridgehead atoms. The fourth-order valence-corrected chi connectivity index (χ4v) is 3.19. The number of nitrogens with one attached hydrogen (secondary N) is 3. The zero-order valence-corrected chi connectivity index (χ0v) is 20.6. The number of amidine groups is 2. The molecule has 1 aromatic rings. The maximum atomic E-state index is 13.5. The fourth-order valence-electron chi connectivity index (χ4n) is 2.83. The molecule has 0 spiro atoms. The van der Waals surface area contributed by atoms with Crippen LogP contribution in [0.1, 0.15) is 32.6 Å². The number of amides is 1. The lowest BCUT2D eigenvalue weighted by molar-refractivity contribution is -0.144. The molecule has 0 saturated carbocycles. The first kappa shape index (κ1) is 27.4. The SMILES string of the molecule is CCCCCOC(=O)NC(N)=NCCCN=C1NON(C)C1C(=Nc1ccc(F)c(Br)c1)NO. The molecule has 1 amide bonds. The standard InChI is InChI=1S/C20H30BrFN8O4/c1-3-4-5-11-33-20(31)27-19(23)25-10-6-9-24-17-16(30(2)34-29-17)18(28-32)26-13-7-8-15(22)14(21)12-13/h7-8,12,16,32H,3-6,9-11H2,1-2H3,(H,24,29)(H,26,28)(H3,23,25,27,31). The summed E-state index contributed by atoms with van der Waals surface area (Å²) in [7, 11) is 1.63. The summed E-state index contributed by atoms with van der Waals surface area (Å²) < 4.78 is 18.7. The van der Waals surface area contributed by atoms with Crippen LogP contribution in [0.15, 0.2) is 37.6 Å². The quantitative estimate of drug-likeness (QED) is 0.130. The number of unbranched alkanes of at least 4 members (excludes halogenated alkanes) is 2. The topological polar surface area (TPSA) is 158 Å². The van der Waals surface area contributed by atoms with Crippen LogP contribution < -0.4 is 22.0 Å². The number of nitrogens with zero attached hydrogens (tertiary/aromatic N) is 4. The number of carbonyl (C=O) groups excluding carboxylic acids is 1. The van der Waals surface area contributed by atoms with Crippen molar-refractivity contribution in [2.45, 2.75) is 38.6 Å². The zero-order chi connectivity index (χ0) is 24.9. The van der Waals surface area contributed by atoms with Crippen LogP contribution in [0.4, 0.5) is 14.9 Å². The summed E-state index contributed by atoms with van der Waals surface area (Å²) in [6.45, 7) is 3.08. The summed E-state index contributed by atoms with van der Waals surface area (Å²) in [5.41, 5.74) is 10.8. The van der Waals surface area contributed by atoms with Gasteiger partial charge in [0, 0.05) is 20.1 Å². The van der Waals surface area contributed by atoms with Gasteiger partial charge in [0.1, 0.15) is 5.82 Å². The number of ether oxygens (including phenoxy) is 1. The van der Waals surface area contributed by atoms with Crippen LogP contribution in [0, 0.1) is 5.82 Å². The number of hydrogen-bond acceptors (Lipinski definition) is 8. The Labute approximate surface area is 205 Å². The highest BCUT2D eigenvalue weighted by molar-refractivity contribution is 9.10. The largest absolute Gasteiger partial charge is 0.449 e. The van der Waals surface area contributed by atoms with Gasteiger partial charge in [-0.1, -0.05) is 19.8 Å². The van der Waals surface area contributed by atoms with Gasteiger partial charge in [0.25, 0.3) is 0 Å². The van der Waals surface area contributed by atoms with E-state index in [4.69, 9.17) is 15.4 Å². The van der Waals surface area contributed by atoms with Crippen molar-refractivity contribution in [3.8, 4) is 0 Å². The van der Waals surface area contributed by atoms with E-state index in [0.717, 1.165) is 19.3 Å². The van der Waals surface area contributed by atoms with Crippen molar-refractivity contribution in [1.82, 2.24) is 21.3 Å². The van der Waals surface area contributed by atoms with Crippen molar-refractivity contribution in [2.75, 3.05) is 26.7 Å². The van der Waals surface area contributed by atoms with Crippen molar-refractivity contribution < 1.29 is 24.1 Å². The van der Waals surface area contributed by atoms with E-state index >= 15 is 0 Å². The summed E-state index contributed by atoms with van der Waals surface area (Å²) in [6, 6.07) is 3.54. The number of rotatable bonds is 10. The molecule has 12 nitrogen and oxygen atoms in total. The maximum absolute atomic E-state index is 13.5. The second-order valence-electron chi connectivity index (χ2n) is 7.20. The highest BCUT2D eigenvalue weighted by atomic mass is 79.9. The number of benzene rings is 1. The fraction of sp³-hybridized carbons (Fsp3) is 0.500. The average molecular weight is 545 g/mol. The normalized spacial score (nSPS) is 18.1. The number of nitrogens with two attached hydrogens (primary N) is 1. The van der Waals surface area contributed by atoms with E-state index in [2.05, 4.69) is 54.1 Å². The van der Waals surface area contributed by atoms with Gasteiger partial charge in [0.15, 0.2) is 23.7 Å². The highest BCUT2D eigenvalue weighted by Crippen LogP contribution is 2.23. The molecule has 1 unspecified atom stereocenters. The van der Waals surface area contributed by atoms with E-state index < -0.39 is 18.0 Å². The summed E-state index contributed by atoms with van der Waals surface area (Å²) in [4.78, 5) is 29.7. The van der Waals surface area contributed by atoms with E-state index in [9.17, 15) is 14.4 Å². The molecule has 6 N–H and O–H groups in total. The first-order valence-corrected chi connectivity index (χ1v) is 11.5. The molecule has 0 aliphatic carbocycles. The molecule has 1 fully saturated rings. The molecular formula is C20H30BrFN8O4. The van der Waals surface area contributed by atoms with Gasteiger partial charge in [-0.3, -0.25) is 26.0 Å². The number of carbonyl (C=O) groups is 1. The summed E-state index contributed by atoms with van der Waals surface area (Å²) in [6.07, 6.45) is 2.72. The molecule has 1 saturated heterocycles. The molecule has 1 aliphatic rings. The highest BCUT2D eigenvalue weighted by Gasteiger charge is 2.34. The lowest BCUT2D eigenvalue weighted by Gasteiger charge is -2.16. The number of likely N-dealkylation sites (N-methyl/N-ethyl adjacent to an activating group) is 1. The summed E-state index contributed by atoms with van der Waals surface area (Å²) in [5.74, 6) is 0.0610. The minimum absolute atomic E-state index is 0.0302. The molecule has 1 aromatic carbocycles. The van der Waals surface area contributed by atoms with Crippen LogP contribution in [-0.2, 0) is 9.68 Å². The van der Waals surface area contributed by atoms with Crippen molar-refractivity contribution in [3.05, 3.63) is 28.5 Å². The third-order valence-corrected chi connectivity index (χ3v) is 5.14. The van der Waals surface area contributed by atoms with Gasteiger partial charge in [-0.2, -0.15) is 4.94 Å². The number of aliphatic imine (C=N–C) groups is 3. The molecule has 34 heavy (non-hydrogen) atoms. The molecule has 1 heterocycles. The third-order valence-electron chi connectivity index (χ3n) is 4.53. The van der Waals surface area contributed by atoms with Crippen molar-refractivity contribution in [2.24, 2.45) is 20.7 Å². The van der Waals surface area contributed by atoms with Crippen LogP contribution in [0.2, 0.25) is 0 Å². The second-order valence-corrected chi connectivity index (χ2v) is 8.06. The van der Waals surface area contributed by atoms with Crippen molar-refractivity contribution >= 4 is 45.3 Å². The number of alkyl carbamates (subject to hydrolysis) is 1. The van der Waals surface area contributed by atoms with Crippen LogP contribution in [0.25, 0.3) is 0 Å². The van der Waals surface area contributed by atoms with Gasteiger partial charge >= 0.3 is 6.09 Å². The molecule has 0 radical (unpaired) electrons. The van der Waals surface area contributed by atoms with E-state index in [-0.39, 0.29) is 16.3 Å². The van der Waals surface area contributed by atoms with E-state index in [1.54, 1.807) is 7.05 Å². The van der Waals surface area contributed by atoms with Gasteiger partial charge in [0.05, 0.1) is 16.8 Å². The van der Waals surface area contributed by atoms with Crippen LogP contribution >= 0.6 is 15.9 Å². The summed E-state index contributed by atoms with van der Waals surface area (Å²) in [5, 5.41) is 13.4. The van der Waals surface area contributed by atoms with Gasteiger partial charge in [0.2, 0.25) is 0 Å². The first-order valence-electron chi connectivity index (χ1n) is 10.7. The van der Waals surface area contributed by atoms with E-state index in [1.165, 1.54) is 23.3 Å². The number of guanidine groups is 1. The first-order chi connectivity index (χ1) is 16.3. The summed E-state index contributed by atoms with van der Waals surface area (Å²) >= 11 is 3.11. The molecule has 14 heteroatoms. The molecule has 1 aliphatic heterocycles. The van der Waals surface area contributed by atoms with Crippen molar-refractivity contribution in [1.29, 1.82) is 0 Å². The Morgan fingerprint density at radius 1 is 1.38 bits per heavy atom. The molecule has 2 rings (SSSR count). The number of hydrogen-bond donors (Lipinski definition) is 5. The third kappa shape index (κ3) is 8.85. The molecule has 1 atom stereocenters. The predicted octanol–water partition coefficient (Wildman–Crippen LogP) is 2.37. The Balaban J connectivity index is 1.89. The minimum atomic E-state index is -0.661. The van der Waals surface area contributed by atoms with Gasteiger partial charge in [-0.05, 0) is 47.0 Å². The molecule has 0 aromatic heterocycles. The average Bonchev–Trinajstić information content (AvgIpc) is 3.17. The Hall–Kier alpha value is -2.81. The molecule has 188 valence electrons. The monoisotopic (exact) mass is 544 g/mol. The Morgan fingerprint density at radius 3 is 2.88 bits per heavy atom. The van der Waals surface area contributed by atoms with Crippen LogP contribution in [-0.4, -0.2) is 66.8 Å². The van der Waals surface area contributed by atoms with Gasteiger partial charge < -0.3 is 10.5 Å². The number of hydroxylamine groups is 4.